The lowest BCUT2D eigenvalue weighted by atomic mass is 9.60. The number of anilines is 1. The van der Waals surface area contributed by atoms with Gasteiger partial charge in [0.15, 0.2) is 23.1 Å². The van der Waals surface area contributed by atoms with Crippen molar-refractivity contribution >= 4 is 46.7 Å². The molecule has 4 atom stereocenters. The maximum absolute atomic E-state index is 14.0. The van der Waals surface area contributed by atoms with Crippen LogP contribution in [0.3, 0.4) is 0 Å². The number of hydrogen-bond donors (Lipinski definition) is 1. The summed E-state index contributed by atoms with van der Waals surface area (Å²) in [6, 6.07) is 10.1. The van der Waals surface area contributed by atoms with Crippen LogP contribution in [0.5, 0.6) is 11.5 Å². The summed E-state index contributed by atoms with van der Waals surface area (Å²) in [5.74, 6) is -2.88. The zero-order valence-electron chi connectivity index (χ0n) is 22.8. The van der Waals surface area contributed by atoms with Gasteiger partial charge >= 0.3 is 0 Å². The first kappa shape index (κ1) is 27.0. The van der Waals surface area contributed by atoms with E-state index in [-0.39, 0.29) is 35.6 Å². The number of benzene rings is 2. The largest absolute Gasteiger partial charge is 0.504 e. The van der Waals surface area contributed by atoms with Crippen molar-refractivity contribution in [2.24, 2.45) is 23.7 Å². The molecule has 0 radical (unpaired) electrons. The molecule has 2 amide bonds. The van der Waals surface area contributed by atoms with Crippen molar-refractivity contribution in [1.82, 2.24) is 0 Å². The lowest BCUT2D eigenvalue weighted by Gasteiger charge is -2.41. The van der Waals surface area contributed by atoms with E-state index in [9.17, 15) is 24.3 Å². The van der Waals surface area contributed by atoms with E-state index in [1.54, 1.807) is 37.3 Å². The van der Waals surface area contributed by atoms with Crippen LogP contribution in [0.15, 0.2) is 76.9 Å². The summed E-state index contributed by atoms with van der Waals surface area (Å²) < 4.78 is 5.23. The Balaban J connectivity index is 1.43. The summed E-state index contributed by atoms with van der Waals surface area (Å²) in [7, 11) is 1.46. The number of phenolic OH excluding ortho intramolecular Hbond substituents is 1. The van der Waals surface area contributed by atoms with E-state index < -0.39 is 23.7 Å². The third-order valence-electron chi connectivity index (χ3n) is 8.71. The molecule has 1 heterocycles. The second kappa shape index (κ2) is 10.00. The number of methoxy groups -OCH3 is 1. The van der Waals surface area contributed by atoms with Crippen molar-refractivity contribution in [3.05, 3.63) is 93.1 Å². The van der Waals surface area contributed by atoms with Crippen LogP contribution in [0.4, 0.5) is 5.69 Å². The summed E-state index contributed by atoms with van der Waals surface area (Å²) in [4.78, 5) is 55.5. The van der Waals surface area contributed by atoms with Gasteiger partial charge in [0.2, 0.25) is 11.8 Å². The van der Waals surface area contributed by atoms with E-state index in [0.29, 0.717) is 39.6 Å². The summed E-state index contributed by atoms with van der Waals surface area (Å²) in [5.41, 5.74) is 4.06. The first-order valence-electron chi connectivity index (χ1n) is 13.5. The van der Waals surface area contributed by atoms with Crippen molar-refractivity contribution in [3.8, 4) is 11.5 Å². The normalized spacial score (nSPS) is 25.7. The third kappa shape index (κ3) is 4.27. The summed E-state index contributed by atoms with van der Waals surface area (Å²) >= 11 is 6.33. The number of fused-ring (bicyclic) bond motifs is 3. The van der Waals surface area contributed by atoms with Gasteiger partial charge in [0.25, 0.3) is 0 Å². The number of imide groups is 1. The zero-order valence-corrected chi connectivity index (χ0v) is 23.6. The van der Waals surface area contributed by atoms with Crippen molar-refractivity contribution in [3.63, 3.8) is 0 Å². The summed E-state index contributed by atoms with van der Waals surface area (Å²) in [6.45, 7) is 3.48. The first-order chi connectivity index (χ1) is 19.6. The molecule has 7 nitrogen and oxygen atoms in total. The topological polar surface area (TPSA) is 101 Å². The van der Waals surface area contributed by atoms with Crippen LogP contribution in [0.1, 0.15) is 30.9 Å². The van der Waals surface area contributed by atoms with Gasteiger partial charge in [-0.3, -0.25) is 19.2 Å². The SMILES string of the molecule is COc1cc(C=C[C@H]2C3=CC[C@@H]4C(=O)N(c5ccc(C)c(Cl)c5)C(=O)[C@@H]4[C@@H]3CC3=C2C(=O)C=C(C)C3=O)ccc1O. The number of rotatable bonds is 4. The first-order valence-corrected chi connectivity index (χ1v) is 13.9. The van der Waals surface area contributed by atoms with Gasteiger partial charge in [-0.15, -0.1) is 0 Å². The number of amides is 2. The van der Waals surface area contributed by atoms with E-state index in [1.165, 1.54) is 24.2 Å². The minimum Gasteiger partial charge on any atom is -0.504 e. The number of ketones is 2. The van der Waals surface area contributed by atoms with Gasteiger partial charge in [0.05, 0.1) is 24.6 Å². The Hall–Kier alpha value is -4.23. The number of ether oxygens (including phenoxy) is 1. The van der Waals surface area contributed by atoms with Gasteiger partial charge in [-0.25, -0.2) is 4.90 Å². The highest BCUT2D eigenvalue weighted by atomic mass is 35.5. The van der Waals surface area contributed by atoms with Crippen molar-refractivity contribution in [1.29, 1.82) is 0 Å². The highest BCUT2D eigenvalue weighted by Gasteiger charge is 2.56. The van der Waals surface area contributed by atoms with Gasteiger partial charge in [0.1, 0.15) is 0 Å². The van der Waals surface area contributed by atoms with Gasteiger partial charge in [-0.2, -0.15) is 0 Å². The number of aryl methyl sites for hydroxylation is 1. The molecule has 1 saturated heterocycles. The van der Waals surface area contributed by atoms with E-state index in [2.05, 4.69) is 0 Å². The number of nitrogens with zero attached hydrogens (tertiary/aromatic N) is 1. The minimum atomic E-state index is -0.657. The minimum absolute atomic E-state index is 0.00547. The molecule has 1 fully saturated rings. The predicted molar refractivity (Wildman–Crippen MR) is 154 cm³/mol. The van der Waals surface area contributed by atoms with Crippen LogP contribution in [0.2, 0.25) is 5.02 Å². The second-order valence-corrected chi connectivity index (χ2v) is 11.4. The standard InChI is InChI=1S/C33H28ClNO6/c1-16-4-7-19(14-25(16)34)35-32(39)22-10-9-20-21(8-5-18-6-11-26(36)28(13-18)41-3)29-24(15-23(20)30(22)33(35)40)31(38)17(2)12-27(29)37/h4-9,11-14,21-23,30,36H,10,15H2,1-3H3/t21-,22-,23+,30-/m0/s1. The van der Waals surface area contributed by atoms with Gasteiger partial charge in [-0.05, 0) is 74.1 Å². The summed E-state index contributed by atoms with van der Waals surface area (Å²) in [5, 5.41) is 10.5. The molecule has 1 N–H and O–H groups in total. The molecule has 0 saturated carbocycles. The van der Waals surface area contributed by atoms with E-state index >= 15 is 0 Å². The Morgan fingerprint density at radius 1 is 1.02 bits per heavy atom. The van der Waals surface area contributed by atoms with E-state index in [1.807, 2.05) is 25.2 Å². The second-order valence-electron chi connectivity index (χ2n) is 11.0. The Morgan fingerprint density at radius 2 is 1.80 bits per heavy atom. The number of allylic oxidation sites excluding steroid dienone is 7. The van der Waals surface area contributed by atoms with Crippen LogP contribution in [-0.4, -0.2) is 35.6 Å². The Bertz CT molecular complexity index is 1680. The maximum Gasteiger partial charge on any atom is 0.238 e. The van der Waals surface area contributed by atoms with Gasteiger partial charge < -0.3 is 9.84 Å². The lowest BCUT2D eigenvalue weighted by Crippen LogP contribution is -2.40. The molecule has 3 aliphatic carbocycles. The fourth-order valence-electron chi connectivity index (χ4n) is 6.64. The zero-order chi connectivity index (χ0) is 29.2. The number of carbonyl (C=O) groups excluding carboxylic acids is 4. The molecule has 1 aliphatic heterocycles. The van der Waals surface area contributed by atoms with Crippen molar-refractivity contribution < 1.29 is 29.0 Å². The average molecular weight is 570 g/mol. The molecule has 4 aliphatic rings. The average Bonchev–Trinajstić information content (AvgIpc) is 3.21. The molecule has 6 rings (SSSR count). The monoisotopic (exact) mass is 569 g/mol. The van der Waals surface area contributed by atoms with E-state index in [0.717, 1.165) is 16.7 Å². The molecule has 0 unspecified atom stereocenters. The van der Waals surface area contributed by atoms with Crippen LogP contribution < -0.4 is 9.64 Å². The number of hydrogen-bond acceptors (Lipinski definition) is 6. The van der Waals surface area contributed by atoms with Crippen molar-refractivity contribution in [2.75, 3.05) is 12.0 Å². The molecule has 0 spiro atoms. The van der Waals surface area contributed by atoms with Crippen LogP contribution in [0.25, 0.3) is 6.08 Å². The fourth-order valence-corrected chi connectivity index (χ4v) is 6.82. The molecule has 0 bridgehead atoms. The summed E-state index contributed by atoms with van der Waals surface area (Å²) in [6.07, 6.45) is 7.60. The van der Waals surface area contributed by atoms with Crippen LogP contribution in [0, 0.1) is 30.6 Å². The number of phenols is 1. The number of Topliss-reactive ketones (excluding diaryl/α,β-unsaturated/α-hetero) is 1. The predicted octanol–water partition coefficient (Wildman–Crippen LogP) is 5.54. The molecular weight excluding hydrogens is 542 g/mol. The molecule has 2 aromatic carbocycles. The smallest absolute Gasteiger partial charge is 0.238 e. The highest BCUT2D eigenvalue weighted by molar-refractivity contribution is 6.32. The third-order valence-corrected chi connectivity index (χ3v) is 9.12. The fraction of sp³-hybridized carbons (Fsp3) is 0.273. The molecule has 41 heavy (non-hydrogen) atoms. The molecular formula is C33H28ClNO6. The molecule has 0 aromatic heterocycles. The Morgan fingerprint density at radius 3 is 2.54 bits per heavy atom. The number of aromatic hydroxyl groups is 1. The lowest BCUT2D eigenvalue weighted by molar-refractivity contribution is -0.123. The van der Waals surface area contributed by atoms with E-state index in [4.69, 9.17) is 16.3 Å². The number of carbonyl (C=O) groups is 4. The molecule has 2 aromatic rings. The maximum atomic E-state index is 14.0. The Kier molecular flexibility index (Phi) is 6.57. The van der Waals surface area contributed by atoms with Crippen LogP contribution >= 0.6 is 11.6 Å². The van der Waals surface area contributed by atoms with Gasteiger partial charge in [-0.1, -0.05) is 47.5 Å². The quantitative estimate of drug-likeness (QED) is 0.295. The number of halogens is 1. The molecule has 8 heteroatoms. The Labute approximate surface area is 242 Å². The molecule has 208 valence electrons. The van der Waals surface area contributed by atoms with Crippen molar-refractivity contribution in [2.45, 2.75) is 26.7 Å². The van der Waals surface area contributed by atoms with Gasteiger partial charge in [0, 0.05) is 27.7 Å². The highest BCUT2D eigenvalue weighted by Crippen LogP contribution is 2.53. The van der Waals surface area contributed by atoms with Crippen LogP contribution in [-0.2, 0) is 19.2 Å².